The van der Waals surface area contributed by atoms with Gasteiger partial charge in [-0.05, 0) is 66.8 Å². The first-order valence-electron chi connectivity index (χ1n) is 14.8. The van der Waals surface area contributed by atoms with E-state index in [0.717, 1.165) is 12.8 Å². The summed E-state index contributed by atoms with van der Waals surface area (Å²) >= 11 is 12.7. The number of hydrogen-bond donors (Lipinski definition) is 4. The first-order chi connectivity index (χ1) is 20.5. The van der Waals surface area contributed by atoms with Gasteiger partial charge in [0, 0.05) is 29.3 Å². The highest BCUT2D eigenvalue weighted by molar-refractivity contribution is 6.31. The van der Waals surface area contributed by atoms with Gasteiger partial charge in [-0.25, -0.2) is 4.39 Å². The van der Waals surface area contributed by atoms with E-state index in [1.807, 2.05) is 6.07 Å². The van der Waals surface area contributed by atoms with Crippen LogP contribution in [0, 0.1) is 11.2 Å². The van der Waals surface area contributed by atoms with Gasteiger partial charge in [-0.15, -0.1) is 0 Å². The van der Waals surface area contributed by atoms with E-state index in [9.17, 15) is 14.7 Å². The van der Waals surface area contributed by atoms with Crippen LogP contribution in [0.1, 0.15) is 63.0 Å². The van der Waals surface area contributed by atoms with Crippen molar-refractivity contribution in [3.05, 3.63) is 63.4 Å². The van der Waals surface area contributed by atoms with Crippen molar-refractivity contribution in [3.63, 3.8) is 0 Å². The van der Waals surface area contributed by atoms with Crippen LogP contribution in [0.2, 0.25) is 10.0 Å². The first kappa shape index (κ1) is 30.7. The molecule has 2 spiro atoms. The fraction of sp³-hybridized carbons (Fsp3) is 0.562. The summed E-state index contributed by atoms with van der Waals surface area (Å²) in [5.74, 6) is -2.24. The van der Waals surface area contributed by atoms with Crippen molar-refractivity contribution in [2.75, 3.05) is 25.6 Å². The third kappa shape index (κ3) is 4.87. The SMILES string of the molecule is CO[C@H]1C[C@@H](NC(=O)C2NC3(CCC(C)(C)CC3)[C@@]3(C(=O)Nc4cc(Cl)ccc43)[C@H]2c2cccc(Cl)c2F)CO[C@@H]1CO. The number of benzene rings is 2. The number of aliphatic hydroxyl groups is 1. The molecule has 2 saturated heterocycles. The average Bonchev–Trinajstić information content (AvgIpc) is 3.44. The van der Waals surface area contributed by atoms with Crippen LogP contribution in [0.15, 0.2) is 36.4 Å². The minimum absolute atomic E-state index is 0.0427. The summed E-state index contributed by atoms with van der Waals surface area (Å²) in [5, 5.41) is 19.9. The topological polar surface area (TPSA) is 109 Å². The highest BCUT2D eigenvalue weighted by atomic mass is 35.5. The molecular formula is C32H38Cl2FN3O5. The van der Waals surface area contributed by atoms with Gasteiger partial charge in [-0.3, -0.25) is 14.9 Å². The molecule has 3 aliphatic heterocycles. The zero-order chi connectivity index (χ0) is 30.7. The molecule has 4 N–H and O–H groups in total. The van der Waals surface area contributed by atoms with Crippen LogP contribution in [-0.2, 0) is 24.5 Å². The van der Waals surface area contributed by atoms with Crippen LogP contribution in [0.4, 0.5) is 10.1 Å². The zero-order valence-electron chi connectivity index (χ0n) is 24.5. The van der Waals surface area contributed by atoms with Gasteiger partial charge in [0.1, 0.15) is 17.3 Å². The number of hydrogen-bond acceptors (Lipinski definition) is 6. The fourth-order valence-electron chi connectivity index (χ4n) is 8.07. The van der Waals surface area contributed by atoms with Crippen molar-refractivity contribution >= 4 is 40.7 Å². The van der Waals surface area contributed by atoms with Crippen LogP contribution in [0.5, 0.6) is 0 Å². The van der Waals surface area contributed by atoms with Crippen molar-refractivity contribution in [2.45, 2.75) is 87.1 Å². The molecule has 1 saturated carbocycles. The van der Waals surface area contributed by atoms with Crippen LogP contribution in [0.3, 0.4) is 0 Å². The van der Waals surface area contributed by atoms with Crippen LogP contribution in [-0.4, -0.2) is 67.1 Å². The number of halogens is 3. The molecule has 2 amide bonds. The van der Waals surface area contributed by atoms with Crippen molar-refractivity contribution < 1.29 is 28.6 Å². The summed E-state index contributed by atoms with van der Waals surface area (Å²) in [5.41, 5.74) is -0.670. The number of carbonyl (C=O) groups is 2. The van der Waals surface area contributed by atoms with E-state index >= 15 is 4.39 Å². The molecule has 0 aromatic heterocycles. The lowest BCUT2D eigenvalue weighted by atomic mass is 9.53. The molecule has 1 aliphatic carbocycles. The van der Waals surface area contributed by atoms with Gasteiger partial charge in [0.25, 0.3) is 0 Å². The Labute approximate surface area is 261 Å². The Kier molecular flexibility index (Phi) is 8.06. The van der Waals surface area contributed by atoms with Gasteiger partial charge in [0.15, 0.2) is 0 Å². The minimum Gasteiger partial charge on any atom is -0.394 e. The van der Waals surface area contributed by atoms with E-state index in [1.165, 1.54) is 13.2 Å². The largest absolute Gasteiger partial charge is 0.394 e. The van der Waals surface area contributed by atoms with Gasteiger partial charge >= 0.3 is 0 Å². The van der Waals surface area contributed by atoms with Gasteiger partial charge in [-0.1, -0.05) is 55.2 Å². The lowest BCUT2D eigenvalue weighted by molar-refractivity contribution is -0.134. The predicted molar refractivity (Wildman–Crippen MR) is 162 cm³/mol. The van der Waals surface area contributed by atoms with E-state index in [-0.39, 0.29) is 41.0 Å². The normalized spacial score (nSPS) is 32.5. The van der Waals surface area contributed by atoms with Crippen molar-refractivity contribution in [1.29, 1.82) is 0 Å². The number of anilines is 1. The number of aliphatic hydroxyl groups excluding tert-OH is 1. The molecular weight excluding hydrogens is 596 g/mol. The van der Waals surface area contributed by atoms with Crippen LogP contribution < -0.4 is 16.0 Å². The maximum absolute atomic E-state index is 16.1. The summed E-state index contributed by atoms with van der Waals surface area (Å²) in [6, 6.07) is 8.65. The van der Waals surface area contributed by atoms with E-state index in [1.54, 1.807) is 24.3 Å². The van der Waals surface area contributed by atoms with Gasteiger partial charge in [0.05, 0.1) is 36.4 Å². The molecule has 6 atom stereocenters. The molecule has 232 valence electrons. The number of ether oxygens (including phenoxy) is 2. The Morgan fingerprint density at radius 2 is 1.93 bits per heavy atom. The third-order valence-electron chi connectivity index (χ3n) is 10.3. The molecule has 3 heterocycles. The summed E-state index contributed by atoms with van der Waals surface area (Å²) < 4.78 is 27.4. The molecule has 0 bridgehead atoms. The van der Waals surface area contributed by atoms with Gasteiger partial charge in [0.2, 0.25) is 11.8 Å². The minimum atomic E-state index is -1.32. The average molecular weight is 635 g/mol. The molecule has 4 aliphatic rings. The molecule has 6 rings (SSSR count). The highest BCUT2D eigenvalue weighted by Crippen LogP contribution is 2.64. The molecule has 0 radical (unpaired) electrons. The molecule has 3 fully saturated rings. The highest BCUT2D eigenvalue weighted by Gasteiger charge is 2.73. The van der Waals surface area contributed by atoms with E-state index in [2.05, 4.69) is 29.8 Å². The predicted octanol–water partition coefficient (Wildman–Crippen LogP) is 4.70. The number of fused-ring (bicyclic) bond motifs is 3. The molecule has 1 unspecified atom stereocenters. The number of amides is 2. The van der Waals surface area contributed by atoms with E-state index < -0.39 is 47.0 Å². The summed E-state index contributed by atoms with van der Waals surface area (Å²) in [4.78, 5) is 28.9. The first-order valence-corrected chi connectivity index (χ1v) is 15.6. The number of carbonyl (C=O) groups excluding carboxylic acids is 2. The lowest BCUT2D eigenvalue weighted by Gasteiger charge is -2.50. The second kappa shape index (κ2) is 11.3. The van der Waals surface area contributed by atoms with Crippen LogP contribution >= 0.6 is 23.2 Å². The van der Waals surface area contributed by atoms with Gasteiger partial charge < -0.3 is 25.2 Å². The van der Waals surface area contributed by atoms with E-state index in [4.69, 9.17) is 32.7 Å². The molecule has 43 heavy (non-hydrogen) atoms. The smallest absolute Gasteiger partial charge is 0.238 e. The molecule has 2 aromatic carbocycles. The second-order valence-electron chi connectivity index (χ2n) is 13.2. The quantitative estimate of drug-likeness (QED) is 0.380. The van der Waals surface area contributed by atoms with Gasteiger partial charge in [-0.2, -0.15) is 0 Å². The monoisotopic (exact) mass is 633 g/mol. The molecule has 2 aromatic rings. The van der Waals surface area contributed by atoms with Crippen LogP contribution in [0.25, 0.3) is 0 Å². The summed E-state index contributed by atoms with van der Waals surface area (Å²) in [6.45, 7) is 4.40. The van der Waals surface area contributed by atoms with Crippen molar-refractivity contribution in [3.8, 4) is 0 Å². The fourth-order valence-corrected chi connectivity index (χ4v) is 8.43. The third-order valence-corrected chi connectivity index (χ3v) is 10.9. The number of nitrogens with one attached hydrogen (secondary N) is 3. The van der Waals surface area contributed by atoms with Crippen molar-refractivity contribution in [1.82, 2.24) is 10.6 Å². The van der Waals surface area contributed by atoms with Crippen molar-refractivity contribution in [2.24, 2.45) is 5.41 Å². The Morgan fingerprint density at radius 1 is 1.19 bits per heavy atom. The van der Waals surface area contributed by atoms with E-state index in [0.29, 0.717) is 35.5 Å². The summed E-state index contributed by atoms with van der Waals surface area (Å²) in [6.07, 6.45) is 2.37. The maximum Gasteiger partial charge on any atom is 0.238 e. The standard InChI is InChI=1S/C32H38Cl2FN3O5/c1-30(2)9-11-31(12-10-30)32(20-8-7-17(33)13-22(20)37-29(32)41)25(19-5-4-6-21(34)26(19)35)27(38-31)28(40)36-18-14-23(42-3)24(15-39)43-16-18/h4-8,13,18,23-25,27,38-39H,9-12,14-16H2,1-3H3,(H,36,40)(H,37,41)/t18-,23+,24-,25+,27?,32-/m1/s1. The number of methoxy groups -OCH3 is 1. The Bertz CT molecular complexity index is 1430. The molecule has 11 heteroatoms. The lowest BCUT2D eigenvalue weighted by Crippen LogP contribution is -2.61. The Balaban J connectivity index is 1.49. The Morgan fingerprint density at radius 3 is 2.63 bits per heavy atom. The Hall–Kier alpha value is -2.27. The summed E-state index contributed by atoms with van der Waals surface area (Å²) in [7, 11) is 1.54. The second-order valence-corrected chi connectivity index (χ2v) is 14.1. The molecule has 8 nitrogen and oxygen atoms in total. The number of rotatable bonds is 5. The maximum atomic E-state index is 16.1. The zero-order valence-corrected chi connectivity index (χ0v) is 26.0.